The van der Waals surface area contributed by atoms with Crippen LogP contribution < -0.4 is 5.32 Å². The Morgan fingerprint density at radius 3 is 2.70 bits per heavy atom. The van der Waals surface area contributed by atoms with E-state index in [0.717, 1.165) is 4.90 Å². The second kappa shape index (κ2) is 5.60. The number of para-hydroxylation sites is 1. The molecule has 0 aromatic heterocycles. The topological polar surface area (TPSA) is 95.9 Å². The molecular weight excluding hydrogens is 264 g/mol. The maximum absolute atomic E-state index is 11.9. The zero-order chi connectivity index (χ0) is 14.7. The molecule has 0 aliphatic carbocycles. The third kappa shape index (κ3) is 2.71. The maximum Gasteiger partial charge on any atom is 0.342 e. The molecule has 7 heteroatoms. The average molecular weight is 278 g/mol. The van der Waals surface area contributed by atoms with E-state index in [-0.39, 0.29) is 17.9 Å². The molecule has 0 radical (unpaired) electrons. The molecule has 1 fully saturated rings. The number of imide groups is 1. The number of esters is 1. The lowest BCUT2D eigenvalue weighted by Crippen LogP contribution is -2.41. The van der Waals surface area contributed by atoms with Crippen molar-refractivity contribution in [1.82, 2.24) is 10.2 Å². The van der Waals surface area contributed by atoms with Crippen LogP contribution in [0.2, 0.25) is 0 Å². The molecule has 1 aromatic rings. The number of phenols is 1. The van der Waals surface area contributed by atoms with Crippen molar-refractivity contribution in [2.45, 2.75) is 13.0 Å². The molecule has 0 spiro atoms. The van der Waals surface area contributed by atoms with Crippen LogP contribution in [0.25, 0.3) is 0 Å². The van der Waals surface area contributed by atoms with Gasteiger partial charge < -0.3 is 15.2 Å². The van der Waals surface area contributed by atoms with Gasteiger partial charge in [0.15, 0.2) is 6.10 Å². The van der Waals surface area contributed by atoms with Crippen LogP contribution in [0.4, 0.5) is 4.79 Å². The van der Waals surface area contributed by atoms with Crippen LogP contribution >= 0.6 is 0 Å². The van der Waals surface area contributed by atoms with Gasteiger partial charge in [-0.2, -0.15) is 0 Å². The van der Waals surface area contributed by atoms with Gasteiger partial charge in [-0.1, -0.05) is 12.1 Å². The predicted octanol–water partition coefficient (Wildman–Crippen LogP) is 0.489. The number of urea groups is 1. The highest BCUT2D eigenvalue weighted by molar-refractivity contribution is 6.00. The number of benzene rings is 1. The Kier molecular flexibility index (Phi) is 3.88. The Bertz CT molecular complexity index is 557. The van der Waals surface area contributed by atoms with Crippen molar-refractivity contribution in [2.24, 2.45) is 0 Å². The van der Waals surface area contributed by atoms with Gasteiger partial charge in [0, 0.05) is 13.1 Å². The first-order valence-corrected chi connectivity index (χ1v) is 6.09. The van der Waals surface area contributed by atoms with Crippen molar-refractivity contribution >= 4 is 17.9 Å². The molecule has 1 saturated heterocycles. The summed E-state index contributed by atoms with van der Waals surface area (Å²) in [7, 11) is 0. The molecule has 7 nitrogen and oxygen atoms in total. The van der Waals surface area contributed by atoms with Crippen LogP contribution in [-0.2, 0) is 9.53 Å². The highest BCUT2D eigenvalue weighted by Crippen LogP contribution is 2.17. The normalized spacial score (nSPS) is 15.7. The number of ether oxygens (including phenoxy) is 1. The van der Waals surface area contributed by atoms with E-state index < -0.39 is 24.0 Å². The van der Waals surface area contributed by atoms with Gasteiger partial charge in [0.1, 0.15) is 11.3 Å². The first-order chi connectivity index (χ1) is 9.50. The minimum atomic E-state index is -1.11. The monoisotopic (exact) mass is 278 g/mol. The van der Waals surface area contributed by atoms with Crippen LogP contribution in [0.5, 0.6) is 5.75 Å². The van der Waals surface area contributed by atoms with Crippen molar-refractivity contribution in [3.63, 3.8) is 0 Å². The van der Waals surface area contributed by atoms with E-state index in [9.17, 15) is 19.5 Å². The van der Waals surface area contributed by atoms with Gasteiger partial charge in [0.05, 0.1) is 0 Å². The maximum atomic E-state index is 11.9. The molecule has 2 N–H and O–H groups in total. The lowest BCUT2D eigenvalue weighted by molar-refractivity contribution is -0.136. The molecule has 106 valence electrons. The smallest absolute Gasteiger partial charge is 0.342 e. The molecular formula is C13H14N2O5. The number of nitrogens with zero attached hydrogens (tertiary/aromatic N) is 1. The Morgan fingerprint density at radius 1 is 1.40 bits per heavy atom. The Morgan fingerprint density at radius 2 is 2.10 bits per heavy atom. The minimum Gasteiger partial charge on any atom is -0.507 e. The fourth-order valence-electron chi connectivity index (χ4n) is 1.82. The van der Waals surface area contributed by atoms with Gasteiger partial charge in [-0.05, 0) is 19.1 Å². The molecule has 1 aliphatic rings. The van der Waals surface area contributed by atoms with Gasteiger partial charge in [0.25, 0.3) is 5.91 Å². The molecule has 1 aromatic carbocycles. The molecule has 1 unspecified atom stereocenters. The van der Waals surface area contributed by atoms with E-state index in [1.807, 2.05) is 0 Å². The van der Waals surface area contributed by atoms with Gasteiger partial charge in [-0.3, -0.25) is 9.69 Å². The number of phenolic OH excluding ortho intramolecular Hbond substituents is 1. The summed E-state index contributed by atoms with van der Waals surface area (Å²) in [5, 5.41) is 12.0. The summed E-state index contributed by atoms with van der Waals surface area (Å²) < 4.78 is 4.97. The summed E-state index contributed by atoms with van der Waals surface area (Å²) in [5.74, 6) is -1.64. The summed E-state index contributed by atoms with van der Waals surface area (Å²) in [6, 6.07) is 5.36. The summed E-state index contributed by atoms with van der Waals surface area (Å²) >= 11 is 0. The van der Waals surface area contributed by atoms with E-state index in [0.29, 0.717) is 6.54 Å². The Hall–Kier alpha value is -2.57. The highest BCUT2D eigenvalue weighted by Gasteiger charge is 2.32. The second-order valence-electron chi connectivity index (χ2n) is 4.29. The zero-order valence-corrected chi connectivity index (χ0v) is 10.8. The quantitative estimate of drug-likeness (QED) is 0.784. The molecule has 1 aliphatic heterocycles. The molecule has 0 bridgehead atoms. The first kappa shape index (κ1) is 13.9. The lowest BCUT2D eigenvalue weighted by atomic mass is 10.2. The molecule has 1 heterocycles. The van der Waals surface area contributed by atoms with Gasteiger partial charge in [-0.25, -0.2) is 9.59 Å². The van der Waals surface area contributed by atoms with E-state index in [1.54, 1.807) is 12.1 Å². The van der Waals surface area contributed by atoms with Crippen molar-refractivity contribution < 1.29 is 24.2 Å². The summed E-state index contributed by atoms with van der Waals surface area (Å²) in [6.45, 7) is 2.01. The molecule has 0 saturated carbocycles. The number of nitrogens with one attached hydrogen (secondary N) is 1. The number of amides is 3. The van der Waals surface area contributed by atoms with Crippen molar-refractivity contribution in [1.29, 1.82) is 0 Å². The number of carbonyl (C=O) groups is 3. The SMILES string of the molecule is CC(OC(=O)c1ccccc1O)C(=O)N1CCNC1=O. The van der Waals surface area contributed by atoms with E-state index in [2.05, 4.69) is 5.32 Å². The van der Waals surface area contributed by atoms with Crippen LogP contribution in [-0.4, -0.2) is 47.1 Å². The number of carbonyl (C=O) groups excluding carboxylic acids is 3. The predicted molar refractivity (Wildman–Crippen MR) is 68.1 cm³/mol. The van der Waals surface area contributed by atoms with Gasteiger partial charge >= 0.3 is 12.0 Å². The van der Waals surface area contributed by atoms with Crippen molar-refractivity contribution in [3.8, 4) is 5.75 Å². The van der Waals surface area contributed by atoms with Crippen molar-refractivity contribution in [2.75, 3.05) is 13.1 Å². The highest BCUT2D eigenvalue weighted by atomic mass is 16.5. The van der Waals surface area contributed by atoms with E-state index >= 15 is 0 Å². The molecule has 20 heavy (non-hydrogen) atoms. The standard InChI is InChI=1S/C13H14N2O5/c1-8(11(17)15-7-6-14-13(15)19)20-12(18)9-4-2-3-5-10(9)16/h2-5,8,16H,6-7H2,1H3,(H,14,19). The lowest BCUT2D eigenvalue weighted by Gasteiger charge is -2.18. The summed E-state index contributed by atoms with van der Waals surface area (Å²) in [4.78, 5) is 36.1. The number of aromatic hydroxyl groups is 1. The fourth-order valence-corrected chi connectivity index (χ4v) is 1.82. The minimum absolute atomic E-state index is 0.0296. The van der Waals surface area contributed by atoms with Crippen LogP contribution in [0.3, 0.4) is 0 Å². The molecule has 2 rings (SSSR count). The summed E-state index contributed by atoms with van der Waals surface area (Å²) in [6.07, 6.45) is -1.11. The largest absolute Gasteiger partial charge is 0.507 e. The van der Waals surface area contributed by atoms with Crippen molar-refractivity contribution in [3.05, 3.63) is 29.8 Å². The molecule has 3 amide bonds. The van der Waals surface area contributed by atoms with Gasteiger partial charge in [0.2, 0.25) is 0 Å². The molecule has 1 atom stereocenters. The summed E-state index contributed by atoms with van der Waals surface area (Å²) in [5.41, 5.74) is -0.0296. The van der Waals surface area contributed by atoms with E-state index in [4.69, 9.17) is 4.74 Å². The third-order valence-electron chi connectivity index (χ3n) is 2.88. The second-order valence-corrected chi connectivity index (χ2v) is 4.29. The van der Waals surface area contributed by atoms with Crippen LogP contribution in [0.1, 0.15) is 17.3 Å². The Balaban J connectivity index is 2.02. The average Bonchev–Trinajstić information content (AvgIpc) is 2.84. The van der Waals surface area contributed by atoms with Gasteiger partial charge in [-0.15, -0.1) is 0 Å². The zero-order valence-electron chi connectivity index (χ0n) is 10.8. The Labute approximate surface area is 115 Å². The first-order valence-electron chi connectivity index (χ1n) is 6.09. The number of hydrogen-bond donors (Lipinski definition) is 2. The fraction of sp³-hybridized carbons (Fsp3) is 0.308. The number of rotatable bonds is 3. The van der Waals surface area contributed by atoms with E-state index in [1.165, 1.54) is 19.1 Å². The number of hydrogen-bond acceptors (Lipinski definition) is 5. The van der Waals surface area contributed by atoms with Crippen LogP contribution in [0.15, 0.2) is 24.3 Å². The van der Waals surface area contributed by atoms with Crippen LogP contribution in [0, 0.1) is 0 Å². The third-order valence-corrected chi connectivity index (χ3v) is 2.88.